The Labute approximate surface area is 189 Å². The molecule has 0 radical (unpaired) electrons. The van der Waals surface area contributed by atoms with Crippen LogP contribution in [0.15, 0.2) is 76.5 Å². The summed E-state index contributed by atoms with van der Waals surface area (Å²) in [5.74, 6) is 2.59. The molecule has 2 aromatic heterocycles. The predicted octanol–water partition coefficient (Wildman–Crippen LogP) is 5.49. The number of carbonyl (C=O) groups is 1. The lowest BCUT2D eigenvalue weighted by atomic mass is 10.1. The topological polar surface area (TPSA) is 70.2 Å². The summed E-state index contributed by atoms with van der Waals surface area (Å²) in [5, 5.41) is 9.53. The molecule has 164 valence electrons. The predicted molar refractivity (Wildman–Crippen MR) is 121 cm³/mol. The van der Waals surface area contributed by atoms with Gasteiger partial charge in [-0.05, 0) is 55.0 Å². The molecule has 4 aromatic rings. The number of nitrogens with zero attached hydrogens (tertiary/aromatic N) is 3. The highest BCUT2D eigenvalue weighted by molar-refractivity contribution is 7.99. The van der Waals surface area contributed by atoms with Gasteiger partial charge in [0.25, 0.3) is 0 Å². The molecule has 2 heterocycles. The van der Waals surface area contributed by atoms with Crippen molar-refractivity contribution in [1.82, 2.24) is 14.8 Å². The van der Waals surface area contributed by atoms with Gasteiger partial charge in [0.05, 0.1) is 19.9 Å². The van der Waals surface area contributed by atoms with Crippen LogP contribution in [0.2, 0.25) is 0 Å². The van der Waals surface area contributed by atoms with Crippen LogP contribution >= 0.6 is 11.8 Å². The van der Waals surface area contributed by atoms with Crippen LogP contribution in [0.1, 0.15) is 29.0 Å². The van der Waals surface area contributed by atoms with Crippen LogP contribution in [-0.4, -0.2) is 33.4 Å². The van der Waals surface area contributed by atoms with Crippen molar-refractivity contribution in [3.8, 4) is 17.1 Å². The molecule has 0 spiro atoms. The maximum absolute atomic E-state index is 13.0. The Hall–Kier alpha value is -3.39. The van der Waals surface area contributed by atoms with Crippen molar-refractivity contribution in [1.29, 1.82) is 0 Å². The first-order valence-corrected chi connectivity index (χ1v) is 11.1. The van der Waals surface area contributed by atoms with Crippen molar-refractivity contribution < 1.29 is 18.3 Å². The molecule has 32 heavy (non-hydrogen) atoms. The Morgan fingerprint density at radius 1 is 1.12 bits per heavy atom. The largest absolute Gasteiger partial charge is 0.497 e. The van der Waals surface area contributed by atoms with E-state index < -0.39 is 0 Å². The van der Waals surface area contributed by atoms with Gasteiger partial charge in [-0.1, -0.05) is 23.9 Å². The maximum atomic E-state index is 13.0. The number of methoxy groups -OCH3 is 1. The number of hydrogen-bond donors (Lipinski definition) is 0. The van der Waals surface area contributed by atoms with Gasteiger partial charge in [-0.2, -0.15) is 0 Å². The molecule has 0 saturated heterocycles. The van der Waals surface area contributed by atoms with Gasteiger partial charge in [-0.25, -0.2) is 4.39 Å². The van der Waals surface area contributed by atoms with E-state index in [1.807, 2.05) is 41.0 Å². The van der Waals surface area contributed by atoms with Crippen LogP contribution in [0.4, 0.5) is 4.39 Å². The molecule has 0 aliphatic rings. The summed E-state index contributed by atoms with van der Waals surface area (Å²) in [4.78, 5) is 12.3. The Kier molecular flexibility index (Phi) is 7.01. The molecule has 2 aromatic carbocycles. The molecule has 0 amide bonds. The molecule has 0 fully saturated rings. The molecule has 4 rings (SSSR count). The van der Waals surface area contributed by atoms with E-state index in [1.165, 1.54) is 36.0 Å². The SMILES string of the molecule is COc1cccc(-c2nnc(SCCCC(=O)c3ccc(F)cc3)n2Cc2ccco2)c1. The first-order chi connectivity index (χ1) is 15.6. The molecular weight excluding hydrogens is 429 g/mol. The third-order valence-electron chi connectivity index (χ3n) is 4.88. The van der Waals surface area contributed by atoms with Crippen molar-refractivity contribution in [2.24, 2.45) is 0 Å². The minimum atomic E-state index is -0.347. The monoisotopic (exact) mass is 451 g/mol. The van der Waals surface area contributed by atoms with Crippen LogP contribution in [-0.2, 0) is 6.54 Å². The minimum absolute atomic E-state index is 0.000257. The van der Waals surface area contributed by atoms with Gasteiger partial charge in [0, 0.05) is 23.3 Å². The molecular formula is C24H22FN3O3S. The van der Waals surface area contributed by atoms with Crippen LogP contribution in [0.25, 0.3) is 11.4 Å². The molecule has 8 heteroatoms. The second-order valence-electron chi connectivity index (χ2n) is 7.09. The first kappa shape index (κ1) is 21.8. The lowest BCUT2D eigenvalue weighted by Crippen LogP contribution is -2.04. The summed E-state index contributed by atoms with van der Waals surface area (Å²) in [5.41, 5.74) is 1.42. The van der Waals surface area contributed by atoms with E-state index in [0.29, 0.717) is 36.5 Å². The minimum Gasteiger partial charge on any atom is -0.497 e. The Morgan fingerprint density at radius 2 is 1.97 bits per heavy atom. The Balaban J connectivity index is 1.46. The van der Waals surface area contributed by atoms with Crippen molar-refractivity contribution in [3.05, 3.63) is 84.1 Å². The fourth-order valence-electron chi connectivity index (χ4n) is 3.25. The number of ketones is 1. The molecule has 0 N–H and O–H groups in total. The van der Waals surface area contributed by atoms with Crippen molar-refractivity contribution in [3.63, 3.8) is 0 Å². The maximum Gasteiger partial charge on any atom is 0.191 e. The van der Waals surface area contributed by atoms with E-state index in [2.05, 4.69) is 10.2 Å². The van der Waals surface area contributed by atoms with E-state index >= 15 is 0 Å². The highest BCUT2D eigenvalue weighted by Gasteiger charge is 2.16. The van der Waals surface area contributed by atoms with E-state index in [1.54, 1.807) is 13.4 Å². The third-order valence-corrected chi connectivity index (χ3v) is 5.94. The van der Waals surface area contributed by atoms with Crippen LogP contribution in [0.3, 0.4) is 0 Å². The number of aromatic nitrogens is 3. The second-order valence-corrected chi connectivity index (χ2v) is 8.15. The van der Waals surface area contributed by atoms with Gasteiger partial charge < -0.3 is 9.15 Å². The van der Waals surface area contributed by atoms with Gasteiger partial charge in [0.1, 0.15) is 17.3 Å². The second kappa shape index (κ2) is 10.3. The zero-order valence-corrected chi connectivity index (χ0v) is 18.3. The summed E-state index contributed by atoms with van der Waals surface area (Å²) in [6.07, 6.45) is 2.69. The summed E-state index contributed by atoms with van der Waals surface area (Å²) in [7, 11) is 1.63. The number of thioether (sulfide) groups is 1. The highest BCUT2D eigenvalue weighted by Crippen LogP contribution is 2.28. The first-order valence-electron chi connectivity index (χ1n) is 10.2. The van der Waals surface area contributed by atoms with Gasteiger partial charge in [0.15, 0.2) is 16.8 Å². The lowest BCUT2D eigenvalue weighted by Gasteiger charge is -2.09. The standard InChI is InChI=1S/C24H22FN3O3S/c1-30-20-6-2-5-18(15-20)23-26-27-24(28(23)16-21-7-3-13-31-21)32-14-4-8-22(29)17-9-11-19(25)12-10-17/h2-3,5-7,9-13,15H,4,8,14,16H2,1H3. The number of hydrogen-bond acceptors (Lipinski definition) is 6. The smallest absolute Gasteiger partial charge is 0.191 e. The summed E-state index contributed by atoms with van der Waals surface area (Å²) in [6.45, 7) is 0.489. The average molecular weight is 452 g/mol. The van der Waals surface area contributed by atoms with Crippen molar-refractivity contribution >= 4 is 17.5 Å². The summed E-state index contributed by atoms with van der Waals surface area (Å²) < 4.78 is 25.9. The lowest BCUT2D eigenvalue weighted by molar-refractivity contribution is 0.0982. The molecule has 0 unspecified atom stereocenters. The van der Waals surface area contributed by atoms with Crippen LogP contribution in [0.5, 0.6) is 5.75 Å². The molecule has 0 aliphatic carbocycles. The number of furan rings is 1. The fourth-order valence-corrected chi connectivity index (χ4v) is 4.13. The molecule has 0 aliphatic heterocycles. The number of ether oxygens (including phenoxy) is 1. The van der Waals surface area contributed by atoms with Crippen LogP contribution in [0, 0.1) is 5.82 Å². The van der Waals surface area contributed by atoms with Crippen LogP contribution < -0.4 is 4.74 Å². The van der Waals surface area contributed by atoms with E-state index in [9.17, 15) is 9.18 Å². The van der Waals surface area contributed by atoms with E-state index in [0.717, 1.165) is 22.2 Å². The summed E-state index contributed by atoms with van der Waals surface area (Å²) >= 11 is 1.54. The van der Waals surface area contributed by atoms with Gasteiger partial charge in [-0.3, -0.25) is 9.36 Å². The number of benzene rings is 2. The normalized spacial score (nSPS) is 10.9. The zero-order valence-electron chi connectivity index (χ0n) is 17.5. The Bertz CT molecular complexity index is 1170. The fraction of sp³-hybridized carbons (Fsp3) is 0.208. The number of Topliss-reactive ketones (excluding diaryl/α,β-unsaturated/α-hetero) is 1. The molecule has 0 atom stereocenters. The quantitative estimate of drug-likeness (QED) is 0.180. The zero-order chi connectivity index (χ0) is 22.3. The average Bonchev–Trinajstić information content (AvgIpc) is 3.47. The van der Waals surface area contributed by atoms with Gasteiger partial charge in [0.2, 0.25) is 0 Å². The Morgan fingerprint density at radius 3 is 2.72 bits per heavy atom. The van der Waals surface area contributed by atoms with Gasteiger partial charge >= 0.3 is 0 Å². The van der Waals surface area contributed by atoms with E-state index in [4.69, 9.17) is 9.15 Å². The van der Waals surface area contributed by atoms with Crippen molar-refractivity contribution in [2.45, 2.75) is 24.5 Å². The number of carbonyl (C=O) groups excluding carboxylic acids is 1. The molecule has 0 bridgehead atoms. The molecule has 0 saturated carbocycles. The highest BCUT2D eigenvalue weighted by atomic mass is 32.2. The molecule has 6 nitrogen and oxygen atoms in total. The summed E-state index contributed by atoms with van der Waals surface area (Å²) in [6, 6.07) is 17.1. The van der Waals surface area contributed by atoms with Gasteiger partial charge in [-0.15, -0.1) is 10.2 Å². The number of rotatable bonds is 10. The number of halogens is 1. The van der Waals surface area contributed by atoms with Crippen molar-refractivity contribution in [2.75, 3.05) is 12.9 Å². The van der Waals surface area contributed by atoms with E-state index in [-0.39, 0.29) is 11.6 Å². The third kappa shape index (κ3) is 5.26.